The second-order valence-electron chi connectivity index (χ2n) is 6.74. The van der Waals surface area contributed by atoms with E-state index in [4.69, 9.17) is 27.9 Å². The number of nitrogens with one attached hydrogen (secondary N) is 1. The van der Waals surface area contributed by atoms with Gasteiger partial charge in [0.2, 0.25) is 0 Å². The molecule has 2 aromatic rings. The number of alkyl halides is 2. The first-order valence-electron chi connectivity index (χ1n) is 8.12. The van der Waals surface area contributed by atoms with Crippen LogP contribution in [-0.2, 0) is 11.3 Å². The highest BCUT2D eigenvalue weighted by Gasteiger charge is 2.52. The first kappa shape index (κ1) is 18.0. The van der Waals surface area contributed by atoms with Gasteiger partial charge in [0.15, 0.2) is 5.60 Å². The van der Waals surface area contributed by atoms with Crippen LogP contribution in [0.15, 0.2) is 48.8 Å². The molecule has 3 rings (SSSR count). The van der Waals surface area contributed by atoms with Crippen molar-refractivity contribution >= 4 is 29.1 Å². The van der Waals surface area contributed by atoms with Gasteiger partial charge in [-0.2, -0.15) is 0 Å². The summed E-state index contributed by atoms with van der Waals surface area (Å²) in [5.41, 5.74) is 1.02. The molecular weight excluding hydrogens is 359 g/mol. The number of ether oxygens (including phenoxy) is 1. The third kappa shape index (κ3) is 4.44. The van der Waals surface area contributed by atoms with E-state index in [1.807, 2.05) is 36.4 Å². The Kier molecular flexibility index (Phi) is 4.94. The Morgan fingerprint density at radius 3 is 2.56 bits per heavy atom. The second kappa shape index (κ2) is 6.85. The minimum atomic E-state index is -0.994. The Hall–Kier alpha value is -1.78. The third-order valence-electron chi connectivity index (χ3n) is 4.20. The van der Waals surface area contributed by atoms with E-state index >= 15 is 0 Å². The lowest BCUT2D eigenvalue weighted by atomic mass is 10.1. The Morgan fingerprint density at radius 1 is 1.32 bits per heavy atom. The van der Waals surface area contributed by atoms with Crippen molar-refractivity contribution in [1.29, 1.82) is 0 Å². The summed E-state index contributed by atoms with van der Waals surface area (Å²) in [5, 5.41) is 2.87. The first-order chi connectivity index (χ1) is 11.8. The molecule has 25 heavy (non-hydrogen) atoms. The lowest BCUT2D eigenvalue weighted by molar-refractivity contribution is -0.134. The van der Waals surface area contributed by atoms with Gasteiger partial charge in [-0.3, -0.25) is 9.78 Å². The van der Waals surface area contributed by atoms with Gasteiger partial charge < -0.3 is 10.1 Å². The van der Waals surface area contributed by atoms with E-state index in [0.29, 0.717) is 12.3 Å². The van der Waals surface area contributed by atoms with Crippen molar-refractivity contribution < 1.29 is 9.53 Å². The largest absolute Gasteiger partial charge is 0.478 e. The van der Waals surface area contributed by atoms with E-state index in [1.165, 1.54) is 0 Å². The summed E-state index contributed by atoms with van der Waals surface area (Å²) in [7, 11) is 0. The zero-order chi connectivity index (χ0) is 18.1. The number of pyridine rings is 1. The summed E-state index contributed by atoms with van der Waals surface area (Å²) in [5.74, 6) is 0.601. The minimum absolute atomic E-state index is 0.167. The molecule has 1 N–H and O–H groups in total. The van der Waals surface area contributed by atoms with Crippen LogP contribution in [0.4, 0.5) is 0 Å². The molecule has 6 heteroatoms. The van der Waals surface area contributed by atoms with Gasteiger partial charge in [-0.1, -0.05) is 18.2 Å². The summed E-state index contributed by atoms with van der Waals surface area (Å²) < 4.78 is 5.22. The number of aromatic nitrogens is 1. The molecule has 1 aliphatic carbocycles. The molecule has 0 spiro atoms. The molecule has 132 valence electrons. The van der Waals surface area contributed by atoms with Gasteiger partial charge in [0.25, 0.3) is 5.91 Å². The molecular formula is C19H20Cl2N2O2. The van der Waals surface area contributed by atoms with Crippen LogP contribution in [0.5, 0.6) is 5.75 Å². The second-order valence-corrected chi connectivity index (χ2v) is 8.29. The normalized spacial score (nSPS) is 18.5. The molecule has 4 nitrogen and oxygen atoms in total. The van der Waals surface area contributed by atoms with Gasteiger partial charge in [-0.15, -0.1) is 23.2 Å². The highest BCUT2D eigenvalue weighted by Crippen LogP contribution is 2.59. The van der Waals surface area contributed by atoms with E-state index in [1.54, 1.807) is 26.2 Å². The summed E-state index contributed by atoms with van der Waals surface area (Å²) in [6.45, 7) is 3.89. The molecule has 1 fully saturated rings. The summed E-state index contributed by atoms with van der Waals surface area (Å²) in [6.07, 6.45) is 4.18. The number of rotatable bonds is 6. The van der Waals surface area contributed by atoms with E-state index in [0.717, 1.165) is 17.5 Å². The monoisotopic (exact) mass is 378 g/mol. The van der Waals surface area contributed by atoms with Gasteiger partial charge in [0.1, 0.15) is 10.1 Å². The van der Waals surface area contributed by atoms with Crippen LogP contribution in [0.25, 0.3) is 0 Å². The molecule has 1 heterocycles. The van der Waals surface area contributed by atoms with Gasteiger partial charge in [-0.05, 0) is 49.6 Å². The number of nitrogens with zero attached hydrogens (tertiary/aromatic N) is 1. The van der Waals surface area contributed by atoms with Gasteiger partial charge in [0.05, 0.1) is 0 Å². The predicted molar refractivity (Wildman–Crippen MR) is 99.0 cm³/mol. The number of amides is 1. The molecule has 0 unspecified atom stereocenters. The maximum Gasteiger partial charge on any atom is 0.263 e. The number of hydrogen-bond donors (Lipinski definition) is 1. The molecule has 1 aliphatic rings. The van der Waals surface area contributed by atoms with Crippen molar-refractivity contribution in [3.8, 4) is 5.75 Å². The average molecular weight is 379 g/mol. The maximum absolute atomic E-state index is 12.4. The van der Waals surface area contributed by atoms with Crippen LogP contribution in [-0.4, -0.2) is 20.8 Å². The SMILES string of the molecule is CC(C)(Oc1ccc([C@H]2CC2(Cl)Cl)cc1)C(=O)NCc1cccnc1. The maximum atomic E-state index is 12.4. The first-order valence-corrected chi connectivity index (χ1v) is 8.87. The number of halogens is 2. The molecule has 0 aliphatic heterocycles. The number of carbonyl (C=O) groups excluding carboxylic acids is 1. The fourth-order valence-electron chi connectivity index (χ4n) is 2.58. The Balaban J connectivity index is 1.57. The van der Waals surface area contributed by atoms with E-state index in [2.05, 4.69) is 10.3 Å². The highest BCUT2D eigenvalue weighted by molar-refractivity contribution is 6.51. The molecule has 1 saturated carbocycles. The number of hydrogen-bond acceptors (Lipinski definition) is 3. The molecule has 0 radical (unpaired) electrons. The summed E-state index contributed by atoms with van der Waals surface area (Å²) in [4.78, 5) is 16.5. The van der Waals surface area contributed by atoms with Crippen LogP contribution < -0.4 is 10.1 Å². The number of benzene rings is 1. The molecule has 0 saturated heterocycles. The predicted octanol–water partition coefficient (Wildman–Crippen LogP) is 4.22. The fourth-order valence-corrected chi connectivity index (χ4v) is 3.14. The quantitative estimate of drug-likeness (QED) is 0.765. The third-order valence-corrected chi connectivity index (χ3v) is 5.04. The standard InChI is InChI=1S/C19H20Cl2N2O2/c1-18(2,17(24)23-12-13-4-3-9-22-11-13)25-15-7-5-14(6-8-15)16-10-19(16,20)21/h3-9,11,16H,10,12H2,1-2H3,(H,23,24)/t16-/m1/s1. The minimum Gasteiger partial charge on any atom is -0.478 e. The zero-order valence-corrected chi connectivity index (χ0v) is 15.6. The molecule has 0 bridgehead atoms. The van der Waals surface area contributed by atoms with Crippen molar-refractivity contribution in [2.45, 2.75) is 42.7 Å². The topological polar surface area (TPSA) is 51.2 Å². The Labute approximate surface area is 157 Å². The van der Waals surface area contributed by atoms with E-state index in [-0.39, 0.29) is 11.8 Å². The molecule has 1 aromatic heterocycles. The van der Waals surface area contributed by atoms with Crippen LogP contribution in [0.1, 0.15) is 37.3 Å². The highest BCUT2D eigenvalue weighted by atomic mass is 35.5. The van der Waals surface area contributed by atoms with Crippen molar-refractivity contribution in [1.82, 2.24) is 10.3 Å². The molecule has 1 aromatic carbocycles. The summed E-state index contributed by atoms with van der Waals surface area (Å²) in [6, 6.07) is 11.3. The van der Waals surface area contributed by atoms with Crippen LogP contribution in [0.3, 0.4) is 0 Å². The smallest absolute Gasteiger partial charge is 0.263 e. The van der Waals surface area contributed by atoms with Crippen molar-refractivity contribution in [2.24, 2.45) is 0 Å². The molecule has 1 atom stereocenters. The van der Waals surface area contributed by atoms with Gasteiger partial charge >= 0.3 is 0 Å². The Bertz CT molecular complexity index is 746. The van der Waals surface area contributed by atoms with Crippen LogP contribution >= 0.6 is 23.2 Å². The van der Waals surface area contributed by atoms with Crippen molar-refractivity contribution in [2.75, 3.05) is 0 Å². The lowest BCUT2D eigenvalue weighted by Gasteiger charge is -2.25. The van der Waals surface area contributed by atoms with Crippen molar-refractivity contribution in [3.63, 3.8) is 0 Å². The van der Waals surface area contributed by atoms with Gasteiger partial charge in [-0.25, -0.2) is 0 Å². The van der Waals surface area contributed by atoms with Gasteiger partial charge in [0, 0.05) is 24.9 Å². The van der Waals surface area contributed by atoms with E-state index in [9.17, 15) is 4.79 Å². The lowest BCUT2D eigenvalue weighted by Crippen LogP contribution is -2.46. The van der Waals surface area contributed by atoms with Crippen LogP contribution in [0, 0.1) is 0 Å². The zero-order valence-electron chi connectivity index (χ0n) is 14.1. The molecule has 1 amide bonds. The number of carbonyl (C=O) groups is 1. The van der Waals surface area contributed by atoms with Crippen LogP contribution in [0.2, 0.25) is 0 Å². The fraction of sp³-hybridized carbons (Fsp3) is 0.368. The average Bonchev–Trinajstić information content (AvgIpc) is 3.22. The van der Waals surface area contributed by atoms with Crippen molar-refractivity contribution in [3.05, 3.63) is 59.9 Å². The Morgan fingerprint density at radius 2 is 2.00 bits per heavy atom. The summed E-state index contributed by atoms with van der Waals surface area (Å²) >= 11 is 12.2. The van der Waals surface area contributed by atoms with E-state index < -0.39 is 9.93 Å².